The van der Waals surface area contributed by atoms with E-state index < -0.39 is 7.40 Å². The smallest absolute Gasteiger partial charge is 0.497 e. The second kappa shape index (κ2) is 12.8. The lowest BCUT2D eigenvalue weighted by Crippen LogP contribution is -2.29. The number of anilines is 1. The van der Waals surface area contributed by atoms with Gasteiger partial charge in [-0.2, -0.15) is 0 Å². The number of hydrogen-bond donors (Lipinski definition) is 0. The molecule has 0 bridgehead atoms. The van der Waals surface area contributed by atoms with E-state index in [9.17, 15) is 0 Å². The predicted octanol–water partition coefficient (Wildman–Crippen LogP) is 9.31. The molecule has 1 saturated heterocycles. The van der Waals surface area contributed by atoms with Crippen molar-refractivity contribution in [3.63, 3.8) is 0 Å². The number of benzene rings is 4. The lowest BCUT2D eigenvalue weighted by molar-refractivity contribution is 0.414. The van der Waals surface area contributed by atoms with Crippen LogP contribution in [0.25, 0.3) is 28.0 Å². The van der Waals surface area contributed by atoms with Crippen LogP contribution in [0.4, 0.5) is 20.1 Å². The maximum atomic E-state index is 15.4. The molecule has 0 spiro atoms. The Balaban J connectivity index is 1.31. The fourth-order valence-electron chi connectivity index (χ4n) is 7.33. The van der Waals surface area contributed by atoms with Gasteiger partial charge in [0.05, 0.1) is 12.8 Å². The number of hydrogen-bond acceptors (Lipinski definition) is 3. The molecule has 0 saturated carbocycles. The van der Waals surface area contributed by atoms with Gasteiger partial charge in [-0.1, -0.05) is 72.8 Å². The molecule has 8 heteroatoms. The molecule has 1 fully saturated rings. The Bertz CT molecular complexity index is 2060. The molecule has 5 aromatic rings. The second-order valence-corrected chi connectivity index (χ2v) is 12.5. The molecule has 0 amide bonds. The van der Waals surface area contributed by atoms with E-state index in [4.69, 9.17) is 14.7 Å². The third kappa shape index (κ3) is 5.45. The maximum absolute atomic E-state index is 15.4. The molecular formula is C40H35BF2N4O. The van der Waals surface area contributed by atoms with E-state index in [1.807, 2.05) is 84.9 Å². The van der Waals surface area contributed by atoms with E-state index in [1.165, 1.54) is 24.9 Å². The SMILES string of the molecule is COc1ccc2c(c1)CCc1c(-c3ccccc3)c(/N=C3\N=C(c4ccc(N5CCCCC5)cc4)C=C3c3ccccc3)n(B(F)F)c1-2. The van der Waals surface area contributed by atoms with Crippen LogP contribution in [0.15, 0.2) is 119 Å². The Morgan fingerprint density at radius 1 is 0.771 bits per heavy atom. The third-order valence-electron chi connectivity index (χ3n) is 9.68. The zero-order valence-electron chi connectivity index (χ0n) is 26.9. The molecule has 5 nitrogen and oxygen atoms in total. The second-order valence-electron chi connectivity index (χ2n) is 12.5. The van der Waals surface area contributed by atoms with E-state index in [-0.39, 0.29) is 5.82 Å². The van der Waals surface area contributed by atoms with Gasteiger partial charge in [0, 0.05) is 46.7 Å². The van der Waals surface area contributed by atoms with Crippen LogP contribution in [-0.2, 0) is 12.8 Å². The Hall–Kier alpha value is -5.24. The number of ether oxygens (including phenoxy) is 1. The average molecular weight is 637 g/mol. The van der Waals surface area contributed by atoms with Crippen molar-refractivity contribution in [2.24, 2.45) is 9.98 Å². The first-order valence-corrected chi connectivity index (χ1v) is 16.7. The van der Waals surface area contributed by atoms with Crippen LogP contribution < -0.4 is 9.64 Å². The van der Waals surface area contributed by atoms with E-state index >= 15 is 8.63 Å². The summed E-state index contributed by atoms with van der Waals surface area (Å²) in [5.74, 6) is 1.35. The van der Waals surface area contributed by atoms with E-state index in [0.717, 1.165) is 67.8 Å². The first-order valence-electron chi connectivity index (χ1n) is 16.7. The number of aromatic nitrogens is 1. The van der Waals surface area contributed by atoms with Crippen LogP contribution in [0.1, 0.15) is 41.5 Å². The summed E-state index contributed by atoms with van der Waals surface area (Å²) in [6, 6.07) is 33.9. The third-order valence-corrected chi connectivity index (χ3v) is 9.68. The monoisotopic (exact) mass is 636 g/mol. The number of aliphatic imine (C=N–C) groups is 2. The van der Waals surface area contributed by atoms with Gasteiger partial charge in [-0.15, -0.1) is 0 Å². The number of halogens is 2. The topological polar surface area (TPSA) is 42.1 Å². The highest BCUT2D eigenvalue weighted by Gasteiger charge is 2.35. The molecule has 0 radical (unpaired) electrons. The van der Waals surface area contributed by atoms with Gasteiger partial charge in [0.15, 0.2) is 5.84 Å². The zero-order chi connectivity index (χ0) is 32.6. The minimum Gasteiger partial charge on any atom is -0.497 e. The van der Waals surface area contributed by atoms with E-state index in [2.05, 4.69) is 29.2 Å². The highest BCUT2D eigenvalue weighted by atomic mass is 19.2. The summed E-state index contributed by atoms with van der Waals surface area (Å²) in [6.07, 6.45) is 7.07. The fraction of sp³-hybridized carbons (Fsp3) is 0.200. The van der Waals surface area contributed by atoms with Crippen molar-refractivity contribution >= 4 is 36.0 Å². The van der Waals surface area contributed by atoms with Crippen LogP contribution in [-0.4, -0.2) is 43.6 Å². The summed E-state index contributed by atoms with van der Waals surface area (Å²) in [7, 11) is -1.20. The van der Waals surface area contributed by atoms with Crippen LogP contribution in [0.5, 0.6) is 5.75 Å². The minimum atomic E-state index is -2.82. The van der Waals surface area contributed by atoms with Gasteiger partial charge >= 0.3 is 7.40 Å². The van der Waals surface area contributed by atoms with Gasteiger partial charge in [0.25, 0.3) is 0 Å². The predicted molar refractivity (Wildman–Crippen MR) is 193 cm³/mol. The summed E-state index contributed by atoms with van der Waals surface area (Å²) in [5.41, 5.74) is 9.39. The van der Waals surface area contributed by atoms with Gasteiger partial charge in [0.2, 0.25) is 0 Å². The van der Waals surface area contributed by atoms with Crippen LogP contribution in [0, 0.1) is 0 Å². The molecule has 1 aliphatic carbocycles. The van der Waals surface area contributed by atoms with Gasteiger partial charge in [-0.25, -0.2) is 9.98 Å². The van der Waals surface area contributed by atoms with E-state index in [0.29, 0.717) is 30.1 Å². The van der Waals surface area contributed by atoms with Crippen molar-refractivity contribution in [1.29, 1.82) is 0 Å². The molecule has 4 aromatic carbocycles. The molecule has 238 valence electrons. The molecule has 1 aromatic heterocycles. The molecule has 3 aliphatic rings. The Morgan fingerprint density at radius 3 is 2.17 bits per heavy atom. The standard InChI is InChI=1S/C40H35BF2N4O/c1-48-32-20-22-33-30(25-32)17-21-34-37(29-13-7-3-8-14-29)40(47(38(33)34)41(42)43)45-39-35(27-11-5-2-6-12-27)26-36(44-39)28-15-18-31(19-16-28)46-23-9-4-10-24-46/h2-3,5-8,11-16,18-20,22,25-26H,4,9-10,17,21,23-24H2,1H3/b45-39-. The average Bonchev–Trinajstić information content (AvgIpc) is 3.72. The number of aryl methyl sites for hydroxylation is 1. The fourth-order valence-corrected chi connectivity index (χ4v) is 7.33. The zero-order valence-corrected chi connectivity index (χ0v) is 26.9. The van der Waals surface area contributed by atoms with E-state index in [1.54, 1.807) is 7.11 Å². The summed E-state index contributed by atoms with van der Waals surface area (Å²) in [4.78, 5) is 12.6. The molecule has 3 heterocycles. The number of allylic oxidation sites excluding steroid dienone is 1. The van der Waals surface area contributed by atoms with Crippen molar-refractivity contribution in [3.05, 3.63) is 131 Å². The number of rotatable bonds is 7. The molecule has 2 aliphatic heterocycles. The van der Waals surface area contributed by atoms with Gasteiger partial charge in [-0.3, -0.25) is 8.63 Å². The lowest BCUT2D eigenvalue weighted by atomic mass is 9.86. The van der Waals surface area contributed by atoms with Gasteiger partial charge in [0.1, 0.15) is 11.6 Å². The first kappa shape index (κ1) is 30.1. The van der Waals surface area contributed by atoms with Crippen molar-refractivity contribution in [2.45, 2.75) is 32.1 Å². The molecule has 0 N–H and O–H groups in total. The minimum absolute atomic E-state index is 0.215. The quantitative estimate of drug-likeness (QED) is 0.167. The molecular weight excluding hydrogens is 601 g/mol. The van der Waals surface area contributed by atoms with Gasteiger partial charge < -0.3 is 14.1 Å². The molecule has 0 unspecified atom stereocenters. The van der Waals surface area contributed by atoms with Crippen molar-refractivity contribution in [3.8, 4) is 28.1 Å². The molecule has 8 rings (SSSR count). The van der Waals surface area contributed by atoms with Gasteiger partial charge in [-0.05, 0) is 90.8 Å². The van der Waals surface area contributed by atoms with Crippen molar-refractivity contribution in [1.82, 2.24) is 4.48 Å². The number of fused-ring (bicyclic) bond motifs is 3. The number of amidine groups is 1. The molecule has 48 heavy (non-hydrogen) atoms. The lowest BCUT2D eigenvalue weighted by Gasteiger charge is -2.28. The summed E-state index contributed by atoms with van der Waals surface area (Å²) in [5, 5.41) is 0. The van der Waals surface area contributed by atoms with Crippen molar-refractivity contribution in [2.75, 3.05) is 25.1 Å². The number of piperidine rings is 1. The maximum Gasteiger partial charge on any atom is 0.679 e. The Morgan fingerprint density at radius 2 is 1.48 bits per heavy atom. The summed E-state index contributed by atoms with van der Waals surface area (Å²) in [6.45, 7) is 2.15. The largest absolute Gasteiger partial charge is 0.679 e. The highest BCUT2D eigenvalue weighted by Crippen LogP contribution is 2.48. The normalized spacial score (nSPS) is 16.3. The summed E-state index contributed by atoms with van der Waals surface area (Å²) >= 11 is 0. The Kier molecular flexibility index (Phi) is 8.00. The van der Waals surface area contributed by atoms with Crippen LogP contribution in [0.3, 0.4) is 0 Å². The van der Waals surface area contributed by atoms with Crippen LogP contribution >= 0.6 is 0 Å². The number of nitrogens with zero attached hydrogens (tertiary/aromatic N) is 4. The van der Waals surface area contributed by atoms with Crippen molar-refractivity contribution < 1.29 is 13.4 Å². The number of methoxy groups -OCH3 is 1. The van der Waals surface area contributed by atoms with Crippen LogP contribution in [0.2, 0.25) is 0 Å². The first-order chi connectivity index (χ1) is 23.6. The summed E-state index contributed by atoms with van der Waals surface area (Å²) < 4.78 is 37.4. The highest BCUT2D eigenvalue weighted by molar-refractivity contribution is 6.43. The Labute approximate surface area is 280 Å². The molecule has 0 atom stereocenters.